The topological polar surface area (TPSA) is 65.9 Å². The van der Waals surface area contributed by atoms with E-state index in [0.717, 1.165) is 25.8 Å². The Morgan fingerprint density at radius 1 is 1.22 bits per heavy atom. The van der Waals surface area contributed by atoms with Crippen molar-refractivity contribution in [3.05, 3.63) is 29.8 Å². The first-order chi connectivity index (χ1) is 13.1. The lowest BCUT2D eigenvalue weighted by atomic mass is 9.72. The highest BCUT2D eigenvalue weighted by Crippen LogP contribution is 2.38. The highest BCUT2D eigenvalue weighted by atomic mass is 19.3. The standard InChI is InChI=1S/C20H31F2N3O2/c1-2-23-19(25-15-20(12-13-26)10-6-3-7-11-20)24-14-16-8-4-5-9-17(16)27-18(21)22/h4-5,8-9,18,26H,2-3,6-7,10-15H2,1H3,(H2,23,24,25). The molecule has 1 aromatic rings. The molecule has 3 N–H and O–H groups in total. The van der Waals surface area contributed by atoms with Crippen LogP contribution in [0.1, 0.15) is 51.0 Å². The average Bonchev–Trinajstić information content (AvgIpc) is 2.66. The van der Waals surface area contributed by atoms with Gasteiger partial charge >= 0.3 is 6.61 Å². The van der Waals surface area contributed by atoms with Crippen LogP contribution in [-0.4, -0.2) is 37.4 Å². The van der Waals surface area contributed by atoms with Crippen LogP contribution in [0.5, 0.6) is 5.75 Å². The molecule has 0 aromatic heterocycles. The summed E-state index contributed by atoms with van der Waals surface area (Å²) in [4.78, 5) is 4.53. The lowest BCUT2D eigenvalue weighted by molar-refractivity contribution is -0.0504. The molecule has 0 unspecified atom stereocenters. The fourth-order valence-corrected chi connectivity index (χ4v) is 3.68. The molecule has 2 rings (SSSR count). The van der Waals surface area contributed by atoms with Gasteiger partial charge in [-0.1, -0.05) is 37.5 Å². The fourth-order valence-electron chi connectivity index (χ4n) is 3.68. The first-order valence-corrected chi connectivity index (χ1v) is 9.74. The van der Waals surface area contributed by atoms with Gasteiger partial charge in [0.1, 0.15) is 5.75 Å². The van der Waals surface area contributed by atoms with Gasteiger partial charge in [-0.15, -0.1) is 0 Å². The predicted molar refractivity (Wildman–Crippen MR) is 103 cm³/mol. The summed E-state index contributed by atoms with van der Waals surface area (Å²) < 4.78 is 29.7. The van der Waals surface area contributed by atoms with E-state index in [-0.39, 0.29) is 24.3 Å². The molecule has 0 atom stereocenters. The Bertz CT molecular complexity index is 585. The number of guanidine groups is 1. The maximum absolute atomic E-state index is 12.6. The van der Waals surface area contributed by atoms with Gasteiger partial charge in [0.2, 0.25) is 0 Å². The Hall–Kier alpha value is -1.89. The molecule has 27 heavy (non-hydrogen) atoms. The number of benzene rings is 1. The molecule has 1 aliphatic rings. The minimum Gasteiger partial charge on any atom is -0.434 e. The Balaban J connectivity index is 2.03. The number of nitrogens with zero attached hydrogens (tertiary/aromatic N) is 1. The molecule has 0 spiro atoms. The first kappa shape index (κ1) is 21.4. The van der Waals surface area contributed by atoms with Crippen LogP contribution in [-0.2, 0) is 6.54 Å². The van der Waals surface area contributed by atoms with Gasteiger partial charge in [0.05, 0.1) is 6.54 Å². The van der Waals surface area contributed by atoms with E-state index in [1.807, 2.05) is 6.92 Å². The molecule has 5 nitrogen and oxygen atoms in total. The van der Waals surface area contributed by atoms with Crippen molar-refractivity contribution >= 4 is 5.96 Å². The van der Waals surface area contributed by atoms with E-state index in [1.165, 1.54) is 25.3 Å². The third-order valence-corrected chi connectivity index (χ3v) is 5.13. The SMILES string of the molecule is CCNC(=NCc1ccccc1OC(F)F)NCC1(CCO)CCCCC1. The van der Waals surface area contributed by atoms with Crippen molar-refractivity contribution in [3.63, 3.8) is 0 Å². The minimum atomic E-state index is -2.86. The van der Waals surface area contributed by atoms with Gasteiger partial charge in [-0.05, 0) is 37.7 Å². The second-order valence-corrected chi connectivity index (χ2v) is 7.07. The van der Waals surface area contributed by atoms with Crippen molar-refractivity contribution in [1.29, 1.82) is 0 Å². The van der Waals surface area contributed by atoms with Crippen molar-refractivity contribution in [2.45, 2.75) is 58.6 Å². The lowest BCUT2D eigenvalue weighted by Gasteiger charge is -2.37. The van der Waals surface area contributed by atoms with Gasteiger partial charge in [0.25, 0.3) is 0 Å². The predicted octanol–water partition coefficient (Wildman–Crippen LogP) is 3.68. The first-order valence-electron chi connectivity index (χ1n) is 9.74. The van der Waals surface area contributed by atoms with Crippen molar-refractivity contribution in [2.75, 3.05) is 19.7 Å². The van der Waals surface area contributed by atoms with Crippen molar-refractivity contribution in [1.82, 2.24) is 10.6 Å². The van der Waals surface area contributed by atoms with Crippen LogP contribution in [0.15, 0.2) is 29.3 Å². The molecule has 0 heterocycles. The number of rotatable bonds is 9. The summed E-state index contributed by atoms with van der Waals surface area (Å²) >= 11 is 0. The van der Waals surface area contributed by atoms with E-state index >= 15 is 0 Å². The molecule has 7 heteroatoms. The zero-order valence-corrected chi connectivity index (χ0v) is 16.0. The molecule has 1 saturated carbocycles. The summed E-state index contributed by atoms with van der Waals surface area (Å²) in [6, 6.07) is 6.70. The highest BCUT2D eigenvalue weighted by Gasteiger charge is 2.31. The summed E-state index contributed by atoms with van der Waals surface area (Å²) in [7, 11) is 0. The van der Waals surface area contributed by atoms with E-state index in [9.17, 15) is 13.9 Å². The van der Waals surface area contributed by atoms with Gasteiger partial charge in [0, 0.05) is 25.3 Å². The fraction of sp³-hybridized carbons (Fsp3) is 0.650. The third kappa shape index (κ3) is 6.97. The average molecular weight is 383 g/mol. The summed E-state index contributed by atoms with van der Waals surface area (Å²) in [5.74, 6) is 0.795. The molecule has 0 amide bonds. The Morgan fingerprint density at radius 2 is 1.96 bits per heavy atom. The number of aliphatic imine (C=N–C) groups is 1. The smallest absolute Gasteiger partial charge is 0.387 e. The van der Waals surface area contributed by atoms with Gasteiger partial charge in [0.15, 0.2) is 5.96 Å². The van der Waals surface area contributed by atoms with Crippen molar-refractivity contribution in [3.8, 4) is 5.75 Å². The number of hydrogen-bond acceptors (Lipinski definition) is 3. The van der Waals surface area contributed by atoms with Gasteiger partial charge in [-0.3, -0.25) is 0 Å². The number of nitrogens with one attached hydrogen (secondary N) is 2. The third-order valence-electron chi connectivity index (χ3n) is 5.13. The second kappa shape index (κ2) is 11.1. The van der Waals surface area contributed by atoms with E-state index in [2.05, 4.69) is 20.4 Å². The number of alkyl halides is 2. The van der Waals surface area contributed by atoms with Gasteiger partial charge < -0.3 is 20.5 Å². The van der Waals surface area contributed by atoms with E-state index in [4.69, 9.17) is 0 Å². The van der Waals surface area contributed by atoms with Gasteiger partial charge in [-0.25, -0.2) is 4.99 Å². The monoisotopic (exact) mass is 383 g/mol. The molecular weight excluding hydrogens is 352 g/mol. The number of aliphatic hydroxyl groups excluding tert-OH is 1. The van der Waals surface area contributed by atoms with E-state index in [0.29, 0.717) is 18.1 Å². The number of aliphatic hydroxyl groups is 1. The summed E-state index contributed by atoms with van der Waals surface area (Å²) in [6.45, 7) is 1.00. The second-order valence-electron chi connectivity index (χ2n) is 7.07. The molecule has 1 fully saturated rings. The number of hydrogen-bond donors (Lipinski definition) is 3. The summed E-state index contributed by atoms with van der Waals surface area (Å²) in [5.41, 5.74) is 0.706. The van der Waals surface area contributed by atoms with Gasteiger partial charge in [-0.2, -0.15) is 8.78 Å². The van der Waals surface area contributed by atoms with Crippen LogP contribution in [0, 0.1) is 5.41 Å². The number of halogens is 2. The minimum absolute atomic E-state index is 0.0971. The maximum atomic E-state index is 12.6. The number of ether oxygens (including phenoxy) is 1. The maximum Gasteiger partial charge on any atom is 0.387 e. The summed E-state index contributed by atoms with van der Waals surface area (Å²) in [5, 5.41) is 16.0. The molecule has 152 valence electrons. The lowest BCUT2D eigenvalue weighted by Crippen LogP contribution is -2.44. The van der Waals surface area contributed by atoms with Crippen LogP contribution in [0.25, 0.3) is 0 Å². The molecule has 1 aromatic carbocycles. The molecule has 1 aliphatic carbocycles. The van der Waals surface area contributed by atoms with E-state index in [1.54, 1.807) is 18.2 Å². The quantitative estimate of drug-likeness (QED) is 0.450. The zero-order chi connectivity index (χ0) is 19.5. The van der Waals surface area contributed by atoms with Crippen molar-refractivity contribution < 1.29 is 18.6 Å². The molecule has 0 saturated heterocycles. The van der Waals surface area contributed by atoms with Crippen LogP contribution in [0.2, 0.25) is 0 Å². The normalized spacial score (nSPS) is 17.0. The van der Waals surface area contributed by atoms with Crippen LogP contribution >= 0.6 is 0 Å². The molecule has 0 bridgehead atoms. The van der Waals surface area contributed by atoms with Crippen LogP contribution < -0.4 is 15.4 Å². The Kier molecular flexibility index (Phi) is 8.78. The highest BCUT2D eigenvalue weighted by molar-refractivity contribution is 5.79. The largest absolute Gasteiger partial charge is 0.434 e. The number of para-hydroxylation sites is 1. The molecule has 0 radical (unpaired) electrons. The molecule has 0 aliphatic heterocycles. The van der Waals surface area contributed by atoms with Crippen molar-refractivity contribution in [2.24, 2.45) is 10.4 Å². The van der Waals surface area contributed by atoms with Crippen LogP contribution in [0.3, 0.4) is 0 Å². The van der Waals surface area contributed by atoms with E-state index < -0.39 is 6.61 Å². The zero-order valence-electron chi connectivity index (χ0n) is 16.0. The van der Waals surface area contributed by atoms with Crippen LogP contribution in [0.4, 0.5) is 8.78 Å². The Morgan fingerprint density at radius 3 is 2.63 bits per heavy atom. The molecular formula is C20H31F2N3O2. The summed E-state index contributed by atoms with van der Waals surface area (Å²) in [6.07, 6.45) is 6.62. The Labute approximate surface area is 160 Å².